The number of carbonyl (C=O) groups is 1. The zero-order chi connectivity index (χ0) is 11.9. The molecule has 1 saturated heterocycles. The Morgan fingerprint density at radius 1 is 1.47 bits per heavy atom. The summed E-state index contributed by atoms with van der Waals surface area (Å²) in [7, 11) is 0. The second kappa shape index (κ2) is 4.19. The molecule has 4 heteroatoms. The van der Waals surface area contributed by atoms with Crippen LogP contribution in [-0.4, -0.2) is 24.8 Å². The zero-order valence-electron chi connectivity index (χ0n) is 9.95. The number of ether oxygens (including phenoxy) is 2. The molecule has 3 nitrogen and oxygen atoms in total. The van der Waals surface area contributed by atoms with E-state index < -0.39 is 0 Å². The van der Waals surface area contributed by atoms with Crippen LogP contribution in [0.15, 0.2) is 5.38 Å². The largest absolute Gasteiger partial charge is 0.347 e. The van der Waals surface area contributed by atoms with E-state index >= 15 is 0 Å². The minimum atomic E-state index is -0.385. The molecular formula is C13H16O3S. The molecule has 2 heterocycles. The summed E-state index contributed by atoms with van der Waals surface area (Å²) in [5.41, 5.74) is 2.17. The highest BCUT2D eigenvalue weighted by Gasteiger charge is 2.41. The topological polar surface area (TPSA) is 35.5 Å². The maximum absolute atomic E-state index is 11.8. The molecule has 0 atom stereocenters. The number of thiophene rings is 1. The van der Waals surface area contributed by atoms with E-state index in [0.717, 1.165) is 24.8 Å². The Morgan fingerprint density at radius 3 is 2.94 bits per heavy atom. The Labute approximate surface area is 105 Å². The monoisotopic (exact) mass is 252 g/mol. The fraction of sp³-hybridized carbons (Fsp3) is 0.615. The van der Waals surface area contributed by atoms with Crippen LogP contribution in [-0.2, 0) is 22.3 Å². The van der Waals surface area contributed by atoms with Crippen LogP contribution >= 0.6 is 11.3 Å². The van der Waals surface area contributed by atoms with Gasteiger partial charge in [-0.1, -0.05) is 6.92 Å². The first-order chi connectivity index (χ1) is 8.24. The van der Waals surface area contributed by atoms with Crippen LogP contribution in [0.5, 0.6) is 0 Å². The lowest BCUT2D eigenvalue weighted by atomic mass is 9.90. The highest BCUT2D eigenvalue weighted by Crippen LogP contribution is 2.39. The summed E-state index contributed by atoms with van der Waals surface area (Å²) >= 11 is 1.68. The third-order valence-electron chi connectivity index (χ3n) is 3.60. The molecule has 0 unspecified atom stereocenters. The van der Waals surface area contributed by atoms with Crippen molar-refractivity contribution in [3.05, 3.63) is 21.4 Å². The summed E-state index contributed by atoms with van der Waals surface area (Å²) in [6.07, 6.45) is 3.17. The minimum Gasteiger partial charge on any atom is -0.347 e. The third kappa shape index (κ3) is 1.84. The summed E-state index contributed by atoms with van der Waals surface area (Å²) < 4.78 is 11.5. The van der Waals surface area contributed by atoms with Crippen molar-refractivity contribution in [2.75, 3.05) is 13.2 Å². The molecule has 1 fully saturated rings. The Morgan fingerprint density at radius 2 is 2.24 bits per heavy atom. The molecule has 0 N–H and O–H groups in total. The Kier molecular flexibility index (Phi) is 2.81. The van der Waals surface area contributed by atoms with Gasteiger partial charge >= 0.3 is 0 Å². The number of hydrogen-bond acceptors (Lipinski definition) is 4. The summed E-state index contributed by atoms with van der Waals surface area (Å²) in [5.74, 6) is -0.128. The van der Waals surface area contributed by atoms with Crippen molar-refractivity contribution in [2.45, 2.75) is 38.4 Å². The van der Waals surface area contributed by atoms with E-state index in [0.29, 0.717) is 19.6 Å². The average molecular weight is 252 g/mol. The fourth-order valence-corrected chi connectivity index (χ4v) is 3.85. The Bertz CT molecular complexity index is 444. The van der Waals surface area contributed by atoms with Crippen LogP contribution in [0, 0.1) is 0 Å². The van der Waals surface area contributed by atoms with Crippen LogP contribution in [0.3, 0.4) is 0 Å². The predicted molar refractivity (Wildman–Crippen MR) is 65.6 cm³/mol. The van der Waals surface area contributed by atoms with Gasteiger partial charge in [-0.2, -0.15) is 0 Å². The molecular weight excluding hydrogens is 236 g/mol. The Hall–Kier alpha value is -0.710. The van der Waals surface area contributed by atoms with Crippen molar-refractivity contribution in [1.29, 1.82) is 0 Å². The van der Waals surface area contributed by atoms with Gasteiger partial charge in [-0.15, -0.1) is 11.3 Å². The van der Waals surface area contributed by atoms with E-state index in [4.69, 9.17) is 9.47 Å². The van der Waals surface area contributed by atoms with Crippen molar-refractivity contribution in [2.24, 2.45) is 0 Å². The number of hydrogen-bond donors (Lipinski definition) is 0. The highest BCUT2D eigenvalue weighted by atomic mass is 32.1. The van der Waals surface area contributed by atoms with Gasteiger partial charge in [-0.05, 0) is 12.0 Å². The van der Waals surface area contributed by atoms with Crippen LogP contribution in [0.4, 0.5) is 0 Å². The van der Waals surface area contributed by atoms with Crippen molar-refractivity contribution >= 4 is 17.1 Å². The number of rotatable bonds is 2. The van der Waals surface area contributed by atoms with Crippen LogP contribution in [0.25, 0.3) is 0 Å². The molecule has 1 aromatic rings. The maximum Gasteiger partial charge on any atom is 0.173 e. The molecule has 17 heavy (non-hydrogen) atoms. The molecule has 0 radical (unpaired) electrons. The van der Waals surface area contributed by atoms with Gasteiger partial charge in [0, 0.05) is 35.1 Å². The molecule has 1 spiro atoms. The van der Waals surface area contributed by atoms with Gasteiger partial charge in [-0.25, -0.2) is 0 Å². The first kappa shape index (κ1) is 11.4. The number of Topliss-reactive ketones (excluding diaryl/α,β-unsaturated/α-hetero) is 1. The fourth-order valence-electron chi connectivity index (χ4n) is 2.66. The van der Waals surface area contributed by atoms with Crippen LogP contribution < -0.4 is 0 Å². The van der Waals surface area contributed by atoms with Gasteiger partial charge in [0.25, 0.3) is 0 Å². The molecule has 3 rings (SSSR count). The lowest BCUT2D eigenvalue weighted by Crippen LogP contribution is -2.36. The predicted octanol–water partition coefficient (Wildman–Crippen LogP) is 2.57. The summed E-state index contributed by atoms with van der Waals surface area (Å²) in [6, 6.07) is 0. The van der Waals surface area contributed by atoms with E-state index in [1.54, 1.807) is 11.3 Å². The molecule has 1 aliphatic heterocycles. The number of fused-ring (bicyclic) bond motifs is 1. The average Bonchev–Trinajstić information content (AvgIpc) is 2.95. The normalized spacial score (nSPS) is 21.7. The van der Waals surface area contributed by atoms with Crippen LogP contribution in [0.1, 0.15) is 40.6 Å². The van der Waals surface area contributed by atoms with E-state index in [1.165, 1.54) is 10.4 Å². The highest BCUT2D eigenvalue weighted by molar-refractivity contribution is 7.10. The van der Waals surface area contributed by atoms with E-state index in [2.05, 4.69) is 0 Å². The quantitative estimate of drug-likeness (QED) is 0.759. The molecule has 0 aromatic carbocycles. The SMILES string of the molecule is CCC(=O)c1csc2c1CCC1(C2)OCCO1. The van der Waals surface area contributed by atoms with Gasteiger partial charge in [0.05, 0.1) is 13.2 Å². The van der Waals surface area contributed by atoms with Gasteiger partial charge in [-0.3, -0.25) is 4.79 Å². The van der Waals surface area contributed by atoms with E-state index in [9.17, 15) is 4.79 Å². The maximum atomic E-state index is 11.8. The van der Waals surface area contributed by atoms with Crippen molar-refractivity contribution in [1.82, 2.24) is 0 Å². The van der Waals surface area contributed by atoms with E-state index in [1.807, 2.05) is 12.3 Å². The molecule has 0 amide bonds. The summed E-state index contributed by atoms with van der Waals surface area (Å²) in [5, 5.41) is 2.00. The summed E-state index contributed by atoms with van der Waals surface area (Å²) in [4.78, 5) is 13.1. The molecule has 92 valence electrons. The molecule has 1 aromatic heterocycles. The first-order valence-corrected chi connectivity index (χ1v) is 7.02. The standard InChI is InChI=1S/C13H16O3S/c1-2-11(14)10-8-17-12-7-13(4-3-9(10)12)15-5-6-16-13/h8H,2-7H2,1H3. The zero-order valence-corrected chi connectivity index (χ0v) is 10.8. The van der Waals surface area contributed by atoms with Crippen molar-refractivity contribution in [3.8, 4) is 0 Å². The smallest absolute Gasteiger partial charge is 0.173 e. The van der Waals surface area contributed by atoms with E-state index in [-0.39, 0.29) is 11.6 Å². The van der Waals surface area contributed by atoms with Gasteiger partial charge < -0.3 is 9.47 Å². The lowest BCUT2D eigenvalue weighted by molar-refractivity contribution is -0.163. The third-order valence-corrected chi connectivity index (χ3v) is 4.63. The molecule has 0 bridgehead atoms. The lowest BCUT2D eigenvalue weighted by Gasteiger charge is -2.31. The number of carbonyl (C=O) groups excluding carboxylic acids is 1. The number of ketones is 1. The van der Waals surface area contributed by atoms with Gasteiger partial charge in [0.2, 0.25) is 0 Å². The van der Waals surface area contributed by atoms with Gasteiger partial charge in [0.1, 0.15) is 0 Å². The van der Waals surface area contributed by atoms with Crippen molar-refractivity contribution < 1.29 is 14.3 Å². The second-order valence-corrected chi connectivity index (χ2v) is 5.58. The first-order valence-electron chi connectivity index (χ1n) is 6.14. The van der Waals surface area contributed by atoms with Crippen molar-refractivity contribution in [3.63, 3.8) is 0 Å². The van der Waals surface area contributed by atoms with Crippen LogP contribution in [0.2, 0.25) is 0 Å². The molecule has 1 aliphatic carbocycles. The second-order valence-electron chi connectivity index (χ2n) is 4.61. The minimum absolute atomic E-state index is 0.256. The molecule has 0 saturated carbocycles. The Balaban J connectivity index is 1.89. The van der Waals surface area contributed by atoms with Gasteiger partial charge in [0.15, 0.2) is 11.6 Å². The molecule has 2 aliphatic rings. The summed E-state index contributed by atoms with van der Waals surface area (Å²) in [6.45, 7) is 3.31.